The van der Waals surface area contributed by atoms with E-state index in [2.05, 4.69) is 35.0 Å². The Bertz CT molecular complexity index is 546. The molecule has 2 aromatic heterocycles. The molecule has 0 radical (unpaired) electrons. The van der Waals surface area contributed by atoms with E-state index in [1.165, 1.54) is 31.4 Å². The summed E-state index contributed by atoms with van der Waals surface area (Å²) in [5.41, 5.74) is 2.18. The number of likely N-dealkylation sites (N-methyl/N-ethyl adjacent to an activating group) is 1. The molecule has 1 aliphatic rings. The molecule has 0 N–H and O–H groups in total. The Morgan fingerprint density at radius 3 is 3.06 bits per heavy atom. The maximum atomic E-state index is 4.67. The topological polar surface area (TPSA) is 33.4 Å². The lowest BCUT2D eigenvalue weighted by Gasteiger charge is -2.31. The van der Waals surface area contributed by atoms with E-state index in [9.17, 15) is 0 Å². The third-order valence-electron chi connectivity index (χ3n) is 3.94. The number of hydrogen-bond acceptors (Lipinski definition) is 3. The third kappa shape index (κ3) is 2.12. The third-order valence-corrected chi connectivity index (χ3v) is 3.94. The van der Waals surface area contributed by atoms with Gasteiger partial charge in [-0.1, -0.05) is 12.5 Å². The van der Waals surface area contributed by atoms with Crippen molar-refractivity contribution in [3.05, 3.63) is 29.7 Å². The van der Waals surface area contributed by atoms with Gasteiger partial charge < -0.3 is 4.90 Å². The Labute approximate surface area is 108 Å². The molecule has 1 saturated heterocycles. The van der Waals surface area contributed by atoms with Crippen LogP contribution in [-0.2, 0) is 6.42 Å². The van der Waals surface area contributed by atoms with Crippen LogP contribution in [0.25, 0.3) is 5.65 Å². The monoisotopic (exact) mass is 244 g/mol. The summed E-state index contributed by atoms with van der Waals surface area (Å²) in [5.74, 6) is 0.975. The highest BCUT2D eigenvalue weighted by Crippen LogP contribution is 2.18. The number of aryl methyl sites for hydroxylation is 1. The minimum atomic E-state index is 0.608. The van der Waals surface area contributed by atoms with Gasteiger partial charge in [0.25, 0.3) is 0 Å². The van der Waals surface area contributed by atoms with Crippen molar-refractivity contribution in [1.82, 2.24) is 19.5 Å². The van der Waals surface area contributed by atoms with Crippen LogP contribution in [0.15, 0.2) is 18.3 Å². The number of piperidine rings is 1. The average Bonchev–Trinajstić information content (AvgIpc) is 2.76. The molecule has 1 atom stereocenters. The molecule has 18 heavy (non-hydrogen) atoms. The molecular weight excluding hydrogens is 224 g/mol. The molecule has 0 aromatic carbocycles. The van der Waals surface area contributed by atoms with Crippen molar-refractivity contribution >= 4 is 5.65 Å². The number of pyridine rings is 1. The van der Waals surface area contributed by atoms with E-state index >= 15 is 0 Å². The lowest BCUT2D eigenvalue weighted by atomic mass is 10.00. The Morgan fingerprint density at radius 2 is 2.28 bits per heavy atom. The predicted octanol–water partition coefficient (Wildman–Crippen LogP) is 2.06. The molecule has 3 heterocycles. The number of rotatable bonds is 2. The maximum absolute atomic E-state index is 4.67. The molecule has 1 fully saturated rings. The minimum absolute atomic E-state index is 0.608. The first-order chi connectivity index (χ1) is 8.74. The molecule has 0 saturated carbocycles. The highest BCUT2D eigenvalue weighted by molar-refractivity contribution is 5.45. The number of hydrogen-bond donors (Lipinski definition) is 0. The Hall–Kier alpha value is -1.42. The van der Waals surface area contributed by atoms with Crippen LogP contribution in [-0.4, -0.2) is 39.1 Å². The maximum Gasteiger partial charge on any atom is 0.158 e. The first-order valence-electron chi connectivity index (χ1n) is 6.75. The van der Waals surface area contributed by atoms with Gasteiger partial charge in [-0.3, -0.25) is 0 Å². The summed E-state index contributed by atoms with van der Waals surface area (Å²) in [5, 5.41) is 4.58. The number of nitrogens with zero attached hydrogens (tertiary/aromatic N) is 4. The summed E-state index contributed by atoms with van der Waals surface area (Å²) in [6.45, 7) is 3.29. The van der Waals surface area contributed by atoms with Crippen molar-refractivity contribution < 1.29 is 0 Å². The lowest BCUT2D eigenvalue weighted by molar-refractivity contribution is 0.182. The van der Waals surface area contributed by atoms with Gasteiger partial charge in [-0.15, -0.1) is 0 Å². The van der Waals surface area contributed by atoms with Gasteiger partial charge in [0.1, 0.15) is 0 Å². The van der Waals surface area contributed by atoms with Crippen LogP contribution in [0.3, 0.4) is 0 Å². The van der Waals surface area contributed by atoms with Gasteiger partial charge in [-0.05, 0) is 45.0 Å². The number of fused-ring (bicyclic) bond motifs is 1. The Balaban J connectivity index is 1.84. The van der Waals surface area contributed by atoms with Crippen LogP contribution in [0.4, 0.5) is 0 Å². The summed E-state index contributed by atoms with van der Waals surface area (Å²) in [6, 6.07) is 4.71. The number of aromatic nitrogens is 3. The normalized spacial score (nSPS) is 21.6. The van der Waals surface area contributed by atoms with Crippen molar-refractivity contribution in [3.63, 3.8) is 0 Å². The largest absolute Gasteiger partial charge is 0.303 e. The second-order valence-corrected chi connectivity index (χ2v) is 5.32. The predicted molar refractivity (Wildman–Crippen MR) is 71.7 cm³/mol. The van der Waals surface area contributed by atoms with Gasteiger partial charge in [0, 0.05) is 18.7 Å². The molecule has 1 aliphatic heterocycles. The Kier molecular flexibility index (Phi) is 3.04. The fourth-order valence-electron chi connectivity index (χ4n) is 2.78. The molecule has 1 unspecified atom stereocenters. The second-order valence-electron chi connectivity index (χ2n) is 5.32. The van der Waals surface area contributed by atoms with Crippen molar-refractivity contribution in [2.45, 2.75) is 38.6 Å². The van der Waals surface area contributed by atoms with Crippen LogP contribution >= 0.6 is 0 Å². The molecular formula is C14H20N4. The summed E-state index contributed by atoms with van der Waals surface area (Å²) in [7, 11) is 2.21. The van der Waals surface area contributed by atoms with Gasteiger partial charge in [0.05, 0.1) is 0 Å². The summed E-state index contributed by atoms with van der Waals surface area (Å²) >= 11 is 0. The molecule has 0 aliphatic carbocycles. The van der Waals surface area contributed by atoms with E-state index in [0.717, 1.165) is 17.9 Å². The van der Waals surface area contributed by atoms with Crippen LogP contribution in [0, 0.1) is 6.92 Å². The second kappa shape index (κ2) is 4.69. The van der Waals surface area contributed by atoms with E-state index in [-0.39, 0.29) is 0 Å². The van der Waals surface area contributed by atoms with E-state index < -0.39 is 0 Å². The van der Waals surface area contributed by atoms with Crippen LogP contribution in [0.1, 0.15) is 30.7 Å². The summed E-state index contributed by atoms with van der Waals surface area (Å²) < 4.78 is 1.90. The fourth-order valence-corrected chi connectivity index (χ4v) is 2.78. The SMILES string of the molecule is Cc1cccn2nc(CC3CCCCN3C)nc12. The van der Waals surface area contributed by atoms with Gasteiger partial charge in [0.15, 0.2) is 11.5 Å². The highest BCUT2D eigenvalue weighted by Gasteiger charge is 2.21. The van der Waals surface area contributed by atoms with E-state index in [0.29, 0.717) is 6.04 Å². The zero-order valence-electron chi connectivity index (χ0n) is 11.1. The van der Waals surface area contributed by atoms with Crippen LogP contribution in [0.5, 0.6) is 0 Å². The van der Waals surface area contributed by atoms with Gasteiger partial charge in [-0.2, -0.15) is 5.10 Å². The molecule has 96 valence electrons. The zero-order valence-corrected chi connectivity index (χ0v) is 11.1. The molecule has 2 aromatic rings. The van der Waals surface area contributed by atoms with Crippen LogP contribution < -0.4 is 0 Å². The first-order valence-corrected chi connectivity index (χ1v) is 6.75. The van der Waals surface area contributed by atoms with Crippen molar-refractivity contribution in [1.29, 1.82) is 0 Å². The average molecular weight is 244 g/mol. The van der Waals surface area contributed by atoms with E-state index in [1.54, 1.807) is 0 Å². The van der Waals surface area contributed by atoms with Gasteiger partial charge >= 0.3 is 0 Å². The molecule has 3 rings (SSSR count). The molecule has 4 nitrogen and oxygen atoms in total. The van der Waals surface area contributed by atoms with E-state index in [4.69, 9.17) is 0 Å². The molecule has 0 amide bonds. The van der Waals surface area contributed by atoms with Crippen molar-refractivity contribution in [3.8, 4) is 0 Å². The quantitative estimate of drug-likeness (QED) is 0.811. The number of likely N-dealkylation sites (tertiary alicyclic amines) is 1. The molecule has 0 bridgehead atoms. The zero-order chi connectivity index (χ0) is 12.5. The van der Waals surface area contributed by atoms with Crippen molar-refractivity contribution in [2.75, 3.05) is 13.6 Å². The van der Waals surface area contributed by atoms with Crippen molar-refractivity contribution in [2.24, 2.45) is 0 Å². The minimum Gasteiger partial charge on any atom is -0.303 e. The molecule has 0 spiro atoms. The van der Waals surface area contributed by atoms with Gasteiger partial charge in [0.2, 0.25) is 0 Å². The van der Waals surface area contributed by atoms with Gasteiger partial charge in [-0.25, -0.2) is 9.50 Å². The van der Waals surface area contributed by atoms with E-state index in [1.807, 2.05) is 16.8 Å². The smallest absolute Gasteiger partial charge is 0.158 e. The lowest BCUT2D eigenvalue weighted by Crippen LogP contribution is -2.37. The summed E-state index contributed by atoms with van der Waals surface area (Å²) in [6.07, 6.45) is 6.87. The Morgan fingerprint density at radius 1 is 1.39 bits per heavy atom. The summed E-state index contributed by atoms with van der Waals surface area (Å²) in [4.78, 5) is 7.11. The van der Waals surface area contributed by atoms with Crippen LogP contribution in [0.2, 0.25) is 0 Å². The molecule has 4 heteroatoms. The highest BCUT2D eigenvalue weighted by atomic mass is 15.3. The fraction of sp³-hybridized carbons (Fsp3) is 0.571. The first kappa shape index (κ1) is 11.7. The standard InChI is InChI=1S/C14H20N4/c1-11-6-5-9-18-14(11)15-13(16-18)10-12-7-3-4-8-17(12)2/h5-6,9,12H,3-4,7-8,10H2,1-2H3.